The SMILES string of the molecule is Cc1cccc(C(=O)NCCCOCC(C)C)c1Br. The lowest BCUT2D eigenvalue weighted by Gasteiger charge is -2.09. The van der Waals surface area contributed by atoms with Gasteiger partial charge in [-0.15, -0.1) is 0 Å². The molecule has 1 N–H and O–H groups in total. The summed E-state index contributed by atoms with van der Waals surface area (Å²) in [7, 11) is 0. The lowest BCUT2D eigenvalue weighted by Crippen LogP contribution is -2.25. The van der Waals surface area contributed by atoms with Crippen molar-refractivity contribution in [1.29, 1.82) is 0 Å². The number of aryl methyl sites for hydroxylation is 1. The second-order valence-electron chi connectivity index (χ2n) is 5.01. The minimum absolute atomic E-state index is 0.0422. The Morgan fingerprint density at radius 3 is 2.84 bits per heavy atom. The molecule has 1 amide bonds. The van der Waals surface area contributed by atoms with E-state index in [0.717, 1.165) is 23.1 Å². The molecule has 1 aromatic carbocycles. The molecule has 0 saturated carbocycles. The predicted molar refractivity (Wildman–Crippen MR) is 81.5 cm³/mol. The van der Waals surface area contributed by atoms with Crippen LogP contribution < -0.4 is 5.32 Å². The molecule has 3 nitrogen and oxygen atoms in total. The van der Waals surface area contributed by atoms with Crippen LogP contribution >= 0.6 is 15.9 Å². The molecule has 1 rings (SSSR count). The Hall–Kier alpha value is -0.870. The van der Waals surface area contributed by atoms with Gasteiger partial charge in [0.15, 0.2) is 0 Å². The van der Waals surface area contributed by atoms with Gasteiger partial charge < -0.3 is 10.1 Å². The predicted octanol–water partition coefficient (Wildman–Crippen LogP) is 3.55. The lowest BCUT2D eigenvalue weighted by atomic mass is 10.1. The summed E-state index contributed by atoms with van der Waals surface area (Å²) in [6.07, 6.45) is 0.835. The highest BCUT2D eigenvalue weighted by molar-refractivity contribution is 9.10. The molecule has 19 heavy (non-hydrogen) atoms. The number of rotatable bonds is 7. The van der Waals surface area contributed by atoms with Crippen LogP contribution in [0.4, 0.5) is 0 Å². The molecule has 0 fully saturated rings. The summed E-state index contributed by atoms with van der Waals surface area (Å²) in [5.41, 5.74) is 1.75. The van der Waals surface area contributed by atoms with Gasteiger partial charge in [0.25, 0.3) is 5.91 Å². The van der Waals surface area contributed by atoms with Gasteiger partial charge in [0.2, 0.25) is 0 Å². The Morgan fingerprint density at radius 1 is 1.42 bits per heavy atom. The molecule has 0 heterocycles. The number of ether oxygens (including phenoxy) is 1. The lowest BCUT2D eigenvalue weighted by molar-refractivity contribution is 0.0924. The first-order valence-electron chi connectivity index (χ1n) is 6.63. The molecule has 0 saturated heterocycles. The summed E-state index contributed by atoms with van der Waals surface area (Å²) in [4.78, 5) is 12.0. The monoisotopic (exact) mass is 327 g/mol. The van der Waals surface area contributed by atoms with Crippen molar-refractivity contribution in [3.8, 4) is 0 Å². The fraction of sp³-hybridized carbons (Fsp3) is 0.533. The summed E-state index contributed by atoms with van der Waals surface area (Å²) in [5, 5.41) is 2.91. The summed E-state index contributed by atoms with van der Waals surface area (Å²) >= 11 is 3.45. The zero-order chi connectivity index (χ0) is 14.3. The Bertz CT molecular complexity index is 419. The first kappa shape index (κ1) is 16.2. The topological polar surface area (TPSA) is 38.3 Å². The van der Waals surface area contributed by atoms with Crippen molar-refractivity contribution in [3.05, 3.63) is 33.8 Å². The van der Waals surface area contributed by atoms with Gasteiger partial charge in [-0.1, -0.05) is 26.0 Å². The first-order chi connectivity index (χ1) is 9.02. The van der Waals surface area contributed by atoms with E-state index < -0.39 is 0 Å². The fourth-order valence-electron chi connectivity index (χ4n) is 1.61. The van der Waals surface area contributed by atoms with Crippen LogP contribution in [0.25, 0.3) is 0 Å². The van der Waals surface area contributed by atoms with Crippen LogP contribution in [0.15, 0.2) is 22.7 Å². The van der Waals surface area contributed by atoms with E-state index >= 15 is 0 Å². The molecule has 0 bridgehead atoms. The van der Waals surface area contributed by atoms with Crippen LogP contribution in [-0.2, 0) is 4.74 Å². The number of carbonyl (C=O) groups excluding carboxylic acids is 1. The van der Waals surface area contributed by atoms with Gasteiger partial charge in [-0.05, 0) is 46.8 Å². The summed E-state index contributed by atoms with van der Waals surface area (Å²) in [5.74, 6) is 0.511. The largest absolute Gasteiger partial charge is 0.381 e. The maximum absolute atomic E-state index is 12.0. The van der Waals surface area contributed by atoms with Gasteiger partial charge in [0.05, 0.1) is 5.56 Å². The van der Waals surface area contributed by atoms with Gasteiger partial charge in [-0.3, -0.25) is 4.79 Å². The molecule has 0 unspecified atom stereocenters. The Balaban J connectivity index is 2.30. The number of hydrogen-bond donors (Lipinski definition) is 1. The fourth-order valence-corrected chi connectivity index (χ4v) is 2.06. The van der Waals surface area contributed by atoms with Crippen LogP contribution in [0.1, 0.15) is 36.2 Å². The van der Waals surface area contributed by atoms with Gasteiger partial charge in [-0.25, -0.2) is 0 Å². The van der Waals surface area contributed by atoms with E-state index in [0.29, 0.717) is 24.6 Å². The van der Waals surface area contributed by atoms with Crippen molar-refractivity contribution in [2.75, 3.05) is 19.8 Å². The maximum Gasteiger partial charge on any atom is 0.252 e. The number of halogens is 1. The molecule has 4 heteroatoms. The number of amides is 1. The second-order valence-corrected chi connectivity index (χ2v) is 5.81. The van der Waals surface area contributed by atoms with E-state index in [-0.39, 0.29) is 5.91 Å². The smallest absolute Gasteiger partial charge is 0.252 e. The summed E-state index contributed by atoms with van der Waals surface area (Å²) < 4.78 is 6.33. The van der Waals surface area contributed by atoms with Crippen molar-refractivity contribution < 1.29 is 9.53 Å². The normalized spacial score (nSPS) is 10.8. The highest BCUT2D eigenvalue weighted by Gasteiger charge is 2.10. The molecule has 0 aliphatic heterocycles. The Kier molecular flexibility index (Phi) is 7.10. The maximum atomic E-state index is 12.0. The van der Waals surface area contributed by atoms with Crippen LogP contribution in [-0.4, -0.2) is 25.7 Å². The number of carbonyl (C=O) groups is 1. The molecular formula is C15H22BrNO2. The minimum Gasteiger partial charge on any atom is -0.381 e. The zero-order valence-corrected chi connectivity index (χ0v) is 13.4. The van der Waals surface area contributed by atoms with Crippen LogP contribution in [0.5, 0.6) is 0 Å². The standard InChI is InChI=1S/C15H22BrNO2/c1-11(2)10-19-9-5-8-17-15(18)13-7-4-6-12(3)14(13)16/h4,6-7,11H,5,8-10H2,1-3H3,(H,17,18). The van der Waals surface area contributed by atoms with E-state index in [2.05, 4.69) is 35.1 Å². The van der Waals surface area contributed by atoms with Gasteiger partial charge >= 0.3 is 0 Å². The van der Waals surface area contributed by atoms with Crippen molar-refractivity contribution >= 4 is 21.8 Å². The molecule has 1 aromatic rings. The quantitative estimate of drug-likeness (QED) is 0.778. The Morgan fingerprint density at radius 2 is 2.16 bits per heavy atom. The third-order valence-corrected chi connectivity index (χ3v) is 3.69. The minimum atomic E-state index is -0.0422. The third kappa shape index (κ3) is 5.74. The zero-order valence-electron chi connectivity index (χ0n) is 11.8. The number of nitrogens with one attached hydrogen (secondary N) is 1. The first-order valence-corrected chi connectivity index (χ1v) is 7.42. The third-order valence-electron chi connectivity index (χ3n) is 2.64. The van der Waals surface area contributed by atoms with Crippen LogP contribution in [0, 0.1) is 12.8 Å². The average molecular weight is 328 g/mol. The number of hydrogen-bond acceptors (Lipinski definition) is 2. The van der Waals surface area contributed by atoms with E-state index in [9.17, 15) is 4.79 Å². The van der Waals surface area contributed by atoms with Crippen molar-refractivity contribution in [3.63, 3.8) is 0 Å². The van der Waals surface area contributed by atoms with E-state index in [1.165, 1.54) is 0 Å². The van der Waals surface area contributed by atoms with Crippen molar-refractivity contribution in [1.82, 2.24) is 5.32 Å². The van der Waals surface area contributed by atoms with Gasteiger partial charge in [0, 0.05) is 24.2 Å². The van der Waals surface area contributed by atoms with Gasteiger partial charge in [-0.2, -0.15) is 0 Å². The summed E-state index contributed by atoms with van der Waals surface area (Å²) in [6.45, 7) is 8.32. The van der Waals surface area contributed by atoms with E-state index in [1.807, 2.05) is 25.1 Å². The van der Waals surface area contributed by atoms with E-state index in [4.69, 9.17) is 4.74 Å². The van der Waals surface area contributed by atoms with Crippen LogP contribution in [0.2, 0.25) is 0 Å². The Labute approximate surface area is 123 Å². The molecule has 0 radical (unpaired) electrons. The van der Waals surface area contributed by atoms with Crippen molar-refractivity contribution in [2.24, 2.45) is 5.92 Å². The summed E-state index contributed by atoms with van der Waals surface area (Å²) in [6, 6.07) is 5.68. The highest BCUT2D eigenvalue weighted by Crippen LogP contribution is 2.20. The molecular weight excluding hydrogens is 306 g/mol. The van der Waals surface area contributed by atoms with E-state index in [1.54, 1.807) is 0 Å². The molecule has 106 valence electrons. The molecule has 0 aliphatic carbocycles. The number of benzene rings is 1. The van der Waals surface area contributed by atoms with Crippen molar-refractivity contribution in [2.45, 2.75) is 27.2 Å². The average Bonchev–Trinajstić information content (AvgIpc) is 2.36. The van der Waals surface area contributed by atoms with Crippen LogP contribution in [0.3, 0.4) is 0 Å². The molecule has 0 aliphatic rings. The second kappa shape index (κ2) is 8.33. The molecule has 0 aromatic heterocycles. The highest BCUT2D eigenvalue weighted by atomic mass is 79.9. The molecule has 0 spiro atoms. The van der Waals surface area contributed by atoms with Gasteiger partial charge in [0.1, 0.15) is 0 Å². The molecule has 0 atom stereocenters.